The second-order valence-corrected chi connectivity index (χ2v) is 7.68. The molecule has 3 rings (SSSR count). The molecular formula is C22H21F4NO. The van der Waals surface area contributed by atoms with Crippen LogP contribution in [0, 0.1) is 5.82 Å². The number of benzene rings is 2. The van der Waals surface area contributed by atoms with Gasteiger partial charge in [0.05, 0.1) is 16.5 Å². The Morgan fingerprint density at radius 1 is 0.964 bits per heavy atom. The predicted octanol–water partition coefficient (Wildman–Crippen LogP) is 5.58. The van der Waals surface area contributed by atoms with Gasteiger partial charge >= 0.3 is 6.18 Å². The molecule has 0 saturated heterocycles. The van der Waals surface area contributed by atoms with Crippen LogP contribution in [0.15, 0.2) is 60.8 Å². The van der Waals surface area contributed by atoms with Crippen molar-refractivity contribution in [2.75, 3.05) is 0 Å². The first kappa shape index (κ1) is 20.3. The highest BCUT2D eigenvalue weighted by Crippen LogP contribution is 2.47. The van der Waals surface area contributed by atoms with E-state index in [2.05, 4.69) is 4.98 Å². The molecule has 0 fully saturated rings. The van der Waals surface area contributed by atoms with Crippen LogP contribution in [-0.4, -0.2) is 21.9 Å². The zero-order valence-corrected chi connectivity index (χ0v) is 15.6. The molecule has 0 aliphatic rings. The predicted molar refractivity (Wildman–Crippen MR) is 100 cm³/mol. The zero-order valence-electron chi connectivity index (χ0n) is 15.6. The van der Waals surface area contributed by atoms with Gasteiger partial charge in [-0.15, -0.1) is 0 Å². The number of alkyl halides is 3. The fourth-order valence-electron chi connectivity index (χ4n) is 3.74. The van der Waals surface area contributed by atoms with Gasteiger partial charge in [0.25, 0.3) is 0 Å². The minimum Gasteiger partial charge on any atom is -0.390 e. The molecule has 0 spiro atoms. The van der Waals surface area contributed by atoms with Crippen molar-refractivity contribution in [3.8, 4) is 0 Å². The Balaban J connectivity index is 1.98. The molecule has 1 N–H and O–H groups in total. The van der Waals surface area contributed by atoms with Gasteiger partial charge in [-0.1, -0.05) is 30.3 Å². The average Bonchev–Trinajstić information content (AvgIpc) is 2.60. The second-order valence-electron chi connectivity index (χ2n) is 7.68. The summed E-state index contributed by atoms with van der Waals surface area (Å²) in [7, 11) is 0. The molecule has 2 unspecified atom stereocenters. The van der Waals surface area contributed by atoms with Crippen LogP contribution >= 0.6 is 0 Å². The lowest BCUT2D eigenvalue weighted by atomic mass is 9.72. The van der Waals surface area contributed by atoms with Crippen LogP contribution < -0.4 is 0 Å². The van der Waals surface area contributed by atoms with Gasteiger partial charge < -0.3 is 5.11 Å². The average molecular weight is 391 g/mol. The van der Waals surface area contributed by atoms with Gasteiger partial charge in [0.1, 0.15) is 5.82 Å². The van der Waals surface area contributed by atoms with Crippen LogP contribution in [0.25, 0.3) is 10.9 Å². The highest BCUT2D eigenvalue weighted by Gasteiger charge is 2.54. The van der Waals surface area contributed by atoms with Gasteiger partial charge in [-0.05, 0) is 55.7 Å². The van der Waals surface area contributed by atoms with E-state index in [0.717, 1.165) is 24.4 Å². The summed E-state index contributed by atoms with van der Waals surface area (Å²) in [5, 5.41) is 11.7. The third kappa shape index (κ3) is 4.02. The SMILES string of the molecule is CC(O)(Cc1ccnc2ccccc12)CC(C)(c1cccc(F)c1)C(F)(F)F. The van der Waals surface area contributed by atoms with E-state index in [1.54, 1.807) is 18.3 Å². The summed E-state index contributed by atoms with van der Waals surface area (Å²) in [4.78, 5) is 4.24. The van der Waals surface area contributed by atoms with E-state index in [9.17, 15) is 22.7 Å². The van der Waals surface area contributed by atoms with Crippen LogP contribution in [0.4, 0.5) is 17.6 Å². The molecule has 0 saturated carbocycles. The van der Waals surface area contributed by atoms with Gasteiger partial charge in [0.15, 0.2) is 0 Å². The molecule has 0 aliphatic carbocycles. The van der Waals surface area contributed by atoms with Crippen molar-refractivity contribution in [3.05, 3.63) is 77.7 Å². The molecule has 2 aromatic carbocycles. The van der Waals surface area contributed by atoms with Crippen LogP contribution in [-0.2, 0) is 11.8 Å². The largest absolute Gasteiger partial charge is 0.398 e. The Hall–Kier alpha value is -2.47. The van der Waals surface area contributed by atoms with Crippen molar-refractivity contribution in [2.45, 2.75) is 43.9 Å². The summed E-state index contributed by atoms with van der Waals surface area (Å²) < 4.78 is 55.6. The maximum absolute atomic E-state index is 14.0. The van der Waals surface area contributed by atoms with E-state index in [0.29, 0.717) is 11.1 Å². The quantitative estimate of drug-likeness (QED) is 0.576. The number of fused-ring (bicyclic) bond motifs is 1. The molecule has 2 nitrogen and oxygen atoms in total. The number of pyridine rings is 1. The fraction of sp³-hybridized carbons (Fsp3) is 0.318. The van der Waals surface area contributed by atoms with Crippen molar-refractivity contribution in [1.29, 1.82) is 0 Å². The second kappa shape index (κ2) is 7.17. The molecule has 148 valence electrons. The molecule has 1 heterocycles. The lowest BCUT2D eigenvalue weighted by molar-refractivity contribution is -0.199. The highest BCUT2D eigenvalue weighted by atomic mass is 19.4. The van der Waals surface area contributed by atoms with Crippen molar-refractivity contribution in [1.82, 2.24) is 4.98 Å². The first-order valence-corrected chi connectivity index (χ1v) is 8.90. The van der Waals surface area contributed by atoms with Gasteiger partial charge in [-0.2, -0.15) is 13.2 Å². The minimum atomic E-state index is -4.66. The maximum atomic E-state index is 14.0. The summed E-state index contributed by atoms with van der Waals surface area (Å²) in [6, 6.07) is 13.4. The standard InChI is InChI=1S/C22H21F4NO/c1-20(28,13-15-10-11-27-19-9-4-3-8-18(15)19)14-21(2,22(24,25)26)16-6-5-7-17(23)12-16/h3-12,28H,13-14H2,1-2H3. The summed E-state index contributed by atoms with van der Waals surface area (Å²) >= 11 is 0. The zero-order chi connectivity index (χ0) is 20.6. The Kier molecular flexibility index (Phi) is 5.19. The Morgan fingerprint density at radius 2 is 1.68 bits per heavy atom. The molecule has 1 aromatic heterocycles. The summed E-state index contributed by atoms with van der Waals surface area (Å²) in [6.07, 6.45) is -3.69. The topological polar surface area (TPSA) is 33.1 Å². The molecule has 28 heavy (non-hydrogen) atoms. The number of hydrogen-bond donors (Lipinski definition) is 1. The van der Waals surface area contributed by atoms with Crippen molar-refractivity contribution in [3.63, 3.8) is 0 Å². The number of nitrogens with zero attached hydrogens (tertiary/aromatic N) is 1. The molecule has 3 aromatic rings. The summed E-state index contributed by atoms with van der Waals surface area (Å²) in [5.41, 5.74) is -2.87. The van der Waals surface area contributed by atoms with Gasteiger partial charge in [-0.25, -0.2) is 4.39 Å². The van der Waals surface area contributed by atoms with E-state index in [4.69, 9.17) is 0 Å². The van der Waals surface area contributed by atoms with Crippen LogP contribution in [0.1, 0.15) is 31.4 Å². The first-order valence-electron chi connectivity index (χ1n) is 8.90. The molecule has 0 aliphatic heterocycles. The normalized spacial score (nSPS) is 16.5. The number of aliphatic hydroxyl groups is 1. The number of hydrogen-bond acceptors (Lipinski definition) is 2. The van der Waals surface area contributed by atoms with Crippen molar-refractivity contribution in [2.24, 2.45) is 0 Å². The highest BCUT2D eigenvalue weighted by molar-refractivity contribution is 5.81. The number of halogens is 4. The smallest absolute Gasteiger partial charge is 0.390 e. The molecule has 0 bridgehead atoms. The Morgan fingerprint density at radius 3 is 2.36 bits per heavy atom. The molecular weight excluding hydrogens is 370 g/mol. The van der Waals surface area contributed by atoms with E-state index in [-0.39, 0.29) is 12.0 Å². The van der Waals surface area contributed by atoms with Crippen LogP contribution in [0.5, 0.6) is 0 Å². The van der Waals surface area contributed by atoms with Gasteiger partial charge in [-0.3, -0.25) is 4.98 Å². The Labute approximate surface area is 160 Å². The molecule has 6 heteroatoms. The minimum absolute atomic E-state index is 0.0109. The maximum Gasteiger partial charge on any atom is 0.398 e. The fourth-order valence-corrected chi connectivity index (χ4v) is 3.74. The summed E-state index contributed by atoms with van der Waals surface area (Å²) in [6.45, 7) is 2.38. The molecule has 0 radical (unpaired) electrons. The monoisotopic (exact) mass is 391 g/mol. The first-order chi connectivity index (χ1) is 13.0. The third-order valence-electron chi connectivity index (χ3n) is 5.13. The number of aromatic nitrogens is 1. The van der Waals surface area contributed by atoms with Crippen LogP contribution in [0.3, 0.4) is 0 Å². The van der Waals surface area contributed by atoms with Gasteiger partial charge in [0.2, 0.25) is 0 Å². The molecule has 0 amide bonds. The van der Waals surface area contributed by atoms with Crippen molar-refractivity contribution < 1.29 is 22.7 Å². The number of rotatable bonds is 5. The third-order valence-corrected chi connectivity index (χ3v) is 5.13. The van der Waals surface area contributed by atoms with E-state index < -0.39 is 29.4 Å². The van der Waals surface area contributed by atoms with E-state index in [1.165, 1.54) is 19.1 Å². The lowest BCUT2D eigenvalue weighted by Crippen LogP contribution is -2.46. The Bertz CT molecular complexity index is 978. The lowest BCUT2D eigenvalue weighted by Gasteiger charge is -2.38. The molecule has 2 atom stereocenters. The summed E-state index contributed by atoms with van der Waals surface area (Å²) in [5.74, 6) is -0.743. The number of para-hydroxylation sites is 1. The van der Waals surface area contributed by atoms with Crippen LogP contribution in [0.2, 0.25) is 0 Å². The van der Waals surface area contributed by atoms with Gasteiger partial charge in [0, 0.05) is 18.0 Å². The van der Waals surface area contributed by atoms with E-state index in [1.807, 2.05) is 18.2 Å². The van der Waals surface area contributed by atoms with Crippen molar-refractivity contribution >= 4 is 10.9 Å². The van der Waals surface area contributed by atoms with E-state index >= 15 is 0 Å².